The summed E-state index contributed by atoms with van der Waals surface area (Å²) in [4.78, 5) is 2.64. The summed E-state index contributed by atoms with van der Waals surface area (Å²) in [6, 6.07) is 11.6. The molecular weight excluding hydrogens is 208 g/mol. The Labute approximate surface area is 105 Å². The van der Waals surface area contributed by atoms with Crippen LogP contribution in [0, 0.1) is 0 Å². The van der Waals surface area contributed by atoms with Crippen LogP contribution < -0.4 is 5.32 Å². The van der Waals surface area contributed by atoms with Crippen LogP contribution in [0.5, 0.6) is 0 Å². The Bertz CT molecular complexity index is 304. The minimum absolute atomic E-state index is 0.623. The van der Waals surface area contributed by atoms with Gasteiger partial charge in [0.05, 0.1) is 0 Å². The number of nitrogens with zero attached hydrogens (tertiary/aromatic N) is 1. The molecular formula is C15H24N2. The summed E-state index contributed by atoms with van der Waals surface area (Å²) in [5.74, 6) is 0. The van der Waals surface area contributed by atoms with Crippen molar-refractivity contribution in [1.82, 2.24) is 10.2 Å². The maximum absolute atomic E-state index is 3.44. The minimum Gasteiger partial charge on any atom is -0.314 e. The van der Waals surface area contributed by atoms with Gasteiger partial charge in [-0.05, 0) is 12.0 Å². The molecule has 2 nitrogen and oxygen atoms in total. The third-order valence-electron chi connectivity index (χ3n) is 3.61. The number of hydrogen-bond acceptors (Lipinski definition) is 2. The van der Waals surface area contributed by atoms with E-state index >= 15 is 0 Å². The second kappa shape index (κ2) is 6.77. The highest BCUT2D eigenvalue weighted by atomic mass is 15.2. The second-order valence-electron chi connectivity index (χ2n) is 4.85. The molecule has 1 aliphatic heterocycles. The lowest BCUT2D eigenvalue weighted by Crippen LogP contribution is -2.45. The van der Waals surface area contributed by atoms with Crippen LogP contribution in [-0.4, -0.2) is 31.1 Å². The van der Waals surface area contributed by atoms with Crippen molar-refractivity contribution in [1.29, 1.82) is 0 Å². The van der Waals surface area contributed by atoms with Gasteiger partial charge in [-0.2, -0.15) is 0 Å². The molecule has 0 bridgehead atoms. The summed E-state index contributed by atoms with van der Waals surface area (Å²) in [7, 11) is 0. The number of benzene rings is 1. The van der Waals surface area contributed by atoms with Gasteiger partial charge in [-0.3, -0.25) is 4.90 Å². The molecule has 0 saturated carbocycles. The molecule has 1 aromatic carbocycles. The largest absolute Gasteiger partial charge is 0.314 e. The predicted octanol–water partition coefficient (Wildman–Crippen LogP) is 2.82. The van der Waals surface area contributed by atoms with Gasteiger partial charge in [-0.1, -0.05) is 50.1 Å². The quantitative estimate of drug-likeness (QED) is 0.840. The van der Waals surface area contributed by atoms with Crippen LogP contribution in [0.2, 0.25) is 0 Å². The summed E-state index contributed by atoms with van der Waals surface area (Å²) in [5, 5.41) is 3.44. The molecule has 1 saturated heterocycles. The zero-order chi connectivity index (χ0) is 11.9. The molecule has 2 rings (SSSR count). The maximum Gasteiger partial charge on any atom is 0.0349 e. The van der Waals surface area contributed by atoms with Gasteiger partial charge in [-0.25, -0.2) is 0 Å². The van der Waals surface area contributed by atoms with E-state index in [0.717, 1.165) is 13.1 Å². The average molecular weight is 232 g/mol. The Balaban J connectivity index is 2.06. The summed E-state index contributed by atoms with van der Waals surface area (Å²) >= 11 is 0. The fraction of sp³-hybridized carbons (Fsp3) is 0.600. The fourth-order valence-electron chi connectivity index (χ4n) is 2.63. The Hall–Kier alpha value is -0.860. The van der Waals surface area contributed by atoms with Crippen molar-refractivity contribution in [3.05, 3.63) is 35.9 Å². The van der Waals surface area contributed by atoms with Crippen molar-refractivity contribution >= 4 is 0 Å². The minimum atomic E-state index is 0.623. The Morgan fingerprint density at radius 1 is 1.18 bits per heavy atom. The molecule has 17 heavy (non-hydrogen) atoms. The molecule has 0 aliphatic carbocycles. The molecule has 0 amide bonds. The molecule has 1 unspecified atom stereocenters. The highest BCUT2D eigenvalue weighted by Crippen LogP contribution is 2.26. The van der Waals surface area contributed by atoms with Crippen molar-refractivity contribution in [2.75, 3.05) is 26.2 Å². The van der Waals surface area contributed by atoms with Gasteiger partial charge in [0.2, 0.25) is 0 Å². The van der Waals surface area contributed by atoms with E-state index in [1.165, 1.54) is 37.9 Å². The second-order valence-corrected chi connectivity index (χ2v) is 4.85. The highest BCUT2D eigenvalue weighted by Gasteiger charge is 2.21. The van der Waals surface area contributed by atoms with Crippen LogP contribution >= 0.6 is 0 Å². The number of unbranched alkanes of at least 4 members (excludes halogenated alkanes) is 1. The molecule has 1 N–H and O–H groups in total. The first-order valence-corrected chi connectivity index (χ1v) is 6.91. The number of nitrogens with one attached hydrogen (secondary N) is 1. The first-order chi connectivity index (χ1) is 8.42. The van der Waals surface area contributed by atoms with Crippen molar-refractivity contribution in [3.63, 3.8) is 0 Å². The van der Waals surface area contributed by atoms with E-state index in [4.69, 9.17) is 0 Å². The van der Waals surface area contributed by atoms with E-state index in [9.17, 15) is 0 Å². The molecule has 0 spiro atoms. The topological polar surface area (TPSA) is 15.3 Å². The van der Waals surface area contributed by atoms with Crippen molar-refractivity contribution in [2.24, 2.45) is 0 Å². The zero-order valence-corrected chi connectivity index (χ0v) is 10.9. The van der Waals surface area contributed by atoms with Gasteiger partial charge in [0.25, 0.3) is 0 Å². The lowest BCUT2D eigenvalue weighted by Gasteiger charge is -2.35. The van der Waals surface area contributed by atoms with E-state index in [1.807, 2.05) is 0 Å². The molecule has 1 fully saturated rings. The molecule has 1 aromatic rings. The van der Waals surface area contributed by atoms with Gasteiger partial charge < -0.3 is 5.32 Å². The zero-order valence-electron chi connectivity index (χ0n) is 10.9. The van der Waals surface area contributed by atoms with E-state index in [-0.39, 0.29) is 0 Å². The first-order valence-electron chi connectivity index (χ1n) is 6.91. The summed E-state index contributed by atoms with van der Waals surface area (Å²) in [6.07, 6.45) is 3.90. The number of piperazine rings is 1. The summed E-state index contributed by atoms with van der Waals surface area (Å²) in [5.41, 5.74) is 1.49. The lowest BCUT2D eigenvalue weighted by molar-refractivity contribution is 0.163. The highest BCUT2D eigenvalue weighted by molar-refractivity contribution is 5.19. The average Bonchev–Trinajstić information content (AvgIpc) is 2.42. The molecule has 94 valence electrons. The van der Waals surface area contributed by atoms with Crippen molar-refractivity contribution in [2.45, 2.75) is 32.2 Å². The van der Waals surface area contributed by atoms with Gasteiger partial charge in [0.15, 0.2) is 0 Å². The Kier molecular flexibility index (Phi) is 5.02. The lowest BCUT2D eigenvalue weighted by atomic mass is 9.99. The monoisotopic (exact) mass is 232 g/mol. The van der Waals surface area contributed by atoms with E-state index in [0.29, 0.717) is 6.04 Å². The molecule has 1 heterocycles. The predicted molar refractivity (Wildman–Crippen MR) is 73.2 cm³/mol. The third kappa shape index (κ3) is 3.55. The molecule has 0 radical (unpaired) electrons. The van der Waals surface area contributed by atoms with Crippen molar-refractivity contribution < 1.29 is 0 Å². The van der Waals surface area contributed by atoms with Crippen LogP contribution in [0.15, 0.2) is 30.3 Å². The molecule has 2 heteroatoms. The van der Waals surface area contributed by atoms with E-state index < -0.39 is 0 Å². The van der Waals surface area contributed by atoms with Gasteiger partial charge >= 0.3 is 0 Å². The van der Waals surface area contributed by atoms with Gasteiger partial charge in [-0.15, -0.1) is 0 Å². The van der Waals surface area contributed by atoms with Crippen LogP contribution in [0.1, 0.15) is 37.8 Å². The number of hydrogen-bond donors (Lipinski definition) is 1. The molecule has 1 aliphatic rings. The normalized spacial score (nSPS) is 19.1. The van der Waals surface area contributed by atoms with Gasteiger partial charge in [0, 0.05) is 32.2 Å². The molecule has 0 aromatic heterocycles. The van der Waals surface area contributed by atoms with Crippen LogP contribution in [0.25, 0.3) is 0 Å². The first kappa shape index (κ1) is 12.6. The van der Waals surface area contributed by atoms with Crippen molar-refractivity contribution in [3.8, 4) is 0 Å². The van der Waals surface area contributed by atoms with Crippen LogP contribution in [0.3, 0.4) is 0 Å². The SMILES string of the molecule is CCCCC(c1ccccc1)N1CCNCC1. The summed E-state index contributed by atoms with van der Waals surface area (Å²) < 4.78 is 0. The number of rotatable bonds is 5. The smallest absolute Gasteiger partial charge is 0.0349 e. The van der Waals surface area contributed by atoms with E-state index in [1.54, 1.807) is 0 Å². The van der Waals surface area contributed by atoms with E-state index in [2.05, 4.69) is 47.5 Å². The summed E-state index contributed by atoms with van der Waals surface area (Å²) in [6.45, 7) is 6.91. The van der Waals surface area contributed by atoms with Crippen LogP contribution in [-0.2, 0) is 0 Å². The molecule has 1 atom stereocenters. The Morgan fingerprint density at radius 2 is 1.88 bits per heavy atom. The fourth-order valence-corrected chi connectivity index (χ4v) is 2.63. The van der Waals surface area contributed by atoms with Gasteiger partial charge in [0.1, 0.15) is 0 Å². The maximum atomic E-state index is 3.44. The third-order valence-corrected chi connectivity index (χ3v) is 3.61. The Morgan fingerprint density at radius 3 is 2.53 bits per heavy atom. The standard InChI is InChI=1S/C15H24N2/c1-2-3-9-15(14-7-5-4-6-8-14)17-12-10-16-11-13-17/h4-8,15-16H,2-3,9-13H2,1H3. The van der Waals surface area contributed by atoms with Crippen LogP contribution in [0.4, 0.5) is 0 Å².